The van der Waals surface area contributed by atoms with Gasteiger partial charge in [-0.3, -0.25) is 4.79 Å². The number of carbonyl (C=O) groups is 1. The number of rotatable bonds is 10. The Morgan fingerprint density at radius 3 is 2.68 bits per heavy atom. The second kappa shape index (κ2) is 10.1. The van der Waals surface area contributed by atoms with Crippen LogP contribution in [-0.2, 0) is 14.3 Å². The van der Waals surface area contributed by atoms with Crippen molar-refractivity contribution in [3.63, 3.8) is 0 Å². The summed E-state index contributed by atoms with van der Waals surface area (Å²) >= 11 is 0. The van der Waals surface area contributed by atoms with Crippen molar-refractivity contribution >= 4 is 5.91 Å². The molecule has 0 aromatic heterocycles. The van der Waals surface area contributed by atoms with Crippen LogP contribution in [-0.4, -0.2) is 29.8 Å². The van der Waals surface area contributed by atoms with E-state index in [9.17, 15) is 4.79 Å². The number of primary amides is 1. The van der Waals surface area contributed by atoms with Gasteiger partial charge in [-0.15, -0.1) is 0 Å². The molecular formula is C24H41NO3. The zero-order valence-corrected chi connectivity index (χ0v) is 18.7. The Balaban J connectivity index is 1.86. The van der Waals surface area contributed by atoms with E-state index >= 15 is 0 Å². The lowest BCUT2D eigenvalue weighted by Crippen LogP contribution is -2.36. The van der Waals surface area contributed by atoms with Crippen LogP contribution < -0.4 is 5.73 Å². The molecule has 2 heterocycles. The van der Waals surface area contributed by atoms with E-state index in [2.05, 4.69) is 59.8 Å². The average molecular weight is 392 g/mol. The van der Waals surface area contributed by atoms with E-state index in [4.69, 9.17) is 15.2 Å². The molecule has 2 fully saturated rings. The highest BCUT2D eigenvalue weighted by Gasteiger charge is 2.54. The SMILES string of the molecule is CCC[C@@H](C)[C@H]1O[C@]1(C)C[C@H](C)/C=C/C=C(\C)[C@H]1O[C@@H](CC(N)=O)CC[C@@H]1C. The predicted octanol–water partition coefficient (Wildman–Crippen LogP) is 5.17. The summed E-state index contributed by atoms with van der Waals surface area (Å²) in [7, 11) is 0. The third-order valence-electron chi connectivity index (χ3n) is 6.41. The molecular weight excluding hydrogens is 350 g/mol. The highest BCUT2D eigenvalue weighted by Crippen LogP contribution is 2.46. The molecule has 0 radical (unpaired) electrons. The van der Waals surface area contributed by atoms with Crippen molar-refractivity contribution in [1.29, 1.82) is 0 Å². The van der Waals surface area contributed by atoms with Crippen molar-refractivity contribution in [2.45, 2.75) is 104 Å². The first-order chi connectivity index (χ1) is 13.2. The number of carbonyl (C=O) groups excluding carboxylic acids is 1. The second-order valence-electron chi connectivity index (χ2n) is 9.50. The number of amides is 1. The van der Waals surface area contributed by atoms with Gasteiger partial charge in [0.25, 0.3) is 0 Å². The molecule has 4 nitrogen and oxygen atoms in total. The molecule has 4 heteroatoms. The van der Waals surface area contributed by atoms with Crippen LogP contribution in [0.25, 0.3) is 0 Å². The molecule has 28 heavy (non-hydrogen) atoms. The Kier molecular flexibility index (Phi) is 8.32. The van der Waals surface area contributed by atoms with Crippen LogP contribution in [0.15, 0.2) is 23.8 Å². The van der Waals surface area contributed by atoms with E-state index in [1.807, 2.05) is 0 Å². The molecule has 7 atom stereocenters. The lowest BCUT2D eigenvalue weighted by Gasteiger charge is -2.35. The van der Waals surface area contributed by atoms with Gasteiger partial charge in [0.1, 0.15) is 0 Å². The maximum Gasteiger partial charge on any atom is 0.220 e. The Bertz CT molecular complexity index is 584. The van der Waals surface area contributed by atoms with E-state index in [-0.39, 0.29) is 23.7 Å². The van der Waals surface area contributed by atoms with Crippen molar-refractivity contribution in [2.24, 2.45) is 23.5 Å². The third kappa shape index (κ3) is 6.45. The van der Waals surface area contributed by atoms with Crippen molar-refractivity contribution in [2.75, 3.05) is 0 Å². The lowest BCUT2D eigenvalue weighted by molar-refractivity contribution is -0.125. The number of allylic oxidation sites excluding steroid dienone is 3. The molecule has 0 bridgehead atoms. The van der Waals surface area contributed by atoms with Gasteiger partial charge in [-0.25, -0.2) is 0 Å². The maximum atomic E-state index is 11.2. The fourth-order valence-electron chi connectivity index (χ4n) is 4.88. The van der Waals surface area contributed by atoms with Gasteiger partial charge in [0.15, 0.2) is 0 Å². The van der Waals surface area contributed by atoms with Gasteiger partial charge < -0.3 is 15.2 Å². The molecule has 0 aliphatic carbocycles. The number of hydrogen-bond donors (Lipinski definition) is 1. The van der Waals surface area contributed by atoms with E-state index < -0.39 is 0 Å². The van der Waals surface area contributed by atoms with Crippen LogP contribution >= 0.6 is 0 Å². The van der Waals surface area contributed by atoms with E-state index in [1.54, 1.807) is 0 Å². The van der Waals surface area contributed by atoms with Crippen LogP contribution in [0.1, 0.15) is 80.1 Å². The highest BCUT2D eigenvalue weighted by molar-refractivity contribution is 5.74. The molecule has 0 spiro atoms. The highest BCUT2D eigenvalue weighted by atomic mass is 16.6. The summed E-state index contributed by atoms with van der Waals surface area (Å²) in [5, 5.41) is 0. The average Bonchev–Trinajstić information content (AvgIpc) is 3.27. The molecule has 0 saturated carbocycles. The summed E-state index contributed by atoms with van der Waals surface area (Å²) in [6, 6.07) is 0. The standard InChI is InChI=1S/C24H41NO3/c1-7-9-19(5)23-24(6,28-23)15-16(2)10-8-11-17(3)22-18(4)12-13-20(27-22)14-21(25)26/h8,10-11,16,18-20,22-23H,7,9,12-15H2,1-6H3,(H2,25,26)/b10-8+,17-11+/t16-,18+,19-,20-,22-,23-,24-/m1/s1. The van der Waals surface area contributed by atoms with Crippen molar-refractivity contribution in [3.05, 3.63) is 23.8 Å². The van der Waals surface area contributed by atoms with Gasteiger partial charge in [0, 0.05) is 0 Å². The summed E-state index contributed by atoms with van der Waals surface area (Å²) in [5.41, 5.74) is 6.60. The van der Waals surface area contributed by atoms with Crippen molar-refractivity contribution in [3.8, 4) is 0 Å². The summed E-state index contributed by atoms with van der Waals surface area (Å²) in [5.74, 6) is 1.30. The minimum Gasteiger partial charge on any atom is -0.370 e. The number of epoxide rings is 1. The first-order valence-corrected chi connectivity index (χ1v) is 11.1. The molecule has 0 aromatic carbocycles. The van der Waals surface area contributed by atoms with Crippen LogP contribution in [0.5, 0.6) is 0 Å². The molecule has 2 aliphatic rings. The minimum atomic E-state index is -0.281. The molecule has 2 N–H and O–H groups in total. The fourth-order valence-corrected chi connectivity index (χ4v) is 4.88. The monoisotopic (exact) mass is 391 g/mol. The fraction of sp³-hybridized carbons (Fsp3) is 0.792. The molecule has 1 amide bonds. The first kappa shape index (κ1) is 23.2. The van der Waals surface area contributed by atoms with Crippen LogP contribution in [0.3, 0.4) is 0 Å². The molecule has 2 saturated heterocycles. The lowest BCUT2D eigenvalue weighted by atomic mass is 9.87. The Hall–Kier alpha value is -1.13. The van der Waals surface area contributed by atoms with Crippen LogP contribution in [0.2, 0.25) is 0 Å². The summed E-state index contributed by atoms with van der Waals surface area (Å²) < 4.78 is 12.2. The normalized spacial score (nSPS) is 35.7. The predicted molar refractivity (Wildman–Crippen MR) is 115 cm³/mol. The Morgan fingerprint density at radius 2 is 2.04 bits per heavy atom. The maximum absolute atomic E-state index is 11.2. The third-order valence-corrected chi connectivity index (χ3v) is 6.41. The van der Waals surface area contributed by atoms with Gasteiger partial charge >= 0.3 is 0 Å². The number of ether oxygens (including phenoxy) is 2. The summed E-state index contributed by atoms with van der Waals surface area (Å²) in [4.78, 5) is 11.2. The molecule has 160 valence electrons. The largest absolute Gasteiger partial charge is 0.370 e. The second-order valence-corrected chi connectivity index (χ2v) is 9.50. The molecule has 0 aromatic rings. The Labute approximate surface area is 171 Å². The van der Waals surface area contributed by atoms with Gasteiger partial charge in [0.2, 0.25) is 5.91 Å². The number of nitrogens with two attached hydrogens (primary N) is 1. The quantitative estimate of drug-likeness (QED) is 0.413. The van der Waals surface area contributed by atoms with Gasteiger partial charge in [0.05, 0.1) is 30.3 Å². The van der Waals surface area contributed by atoms with E-state index in [0.717, 1.165) is 19.3 Å². The van der Waals surface area contributed by atoms with Crippen molar-refractivity contribution < 1.29 is 14.3 Å². The van der Waals surface area contributed by atoms with Crippen molar-refractivity contribution in [1.82, 2.24) is 0 Å². The van der Waals surface area contributed by atoms with E-state index in [0.29, 0.717) is 30.3 Å². The molecule has 2 aliphatic heterocycles. The Morgan fingerprint density at radius 1 is 1.32 bits per heavy atom. The topological polar surface area (TPSA) is 64.8 Å². The summed E-state index contributed by atoms with van der Waals surface area (Å²) in [6.07, 6.45) is 12.9. The zero-order valence-electron chi connectivity index (χ0n) is 18.7. The molecule has 0 unspecified atom stereocenters. The zero-order chi connectivity index (χ0) is 20.9. The van der Waals surface area contributed by atoms with Crippen LogP contribution in [0, 0.1) is 17.8 Å². The van der Waals surface area contributed by atoms with Gasteiger partial charge in [-0.2, -0.15) is 0 Å². The van der Waals surface area contributed by atoms with Gasteiger partial charge in [-0.1, -0.05) is 52.3 Å². The first-order valence-electron chi connectivity index (χ1n) is 11.1. The van der Waals surface area contributed by atoms with E-state index in [1.165, 1.54) is 18.4 Å². The summed E-state index contributed by atoms with van der Waals surface area (Å²) in [6.45, 7) is 13.4. The van der Waals surface area contributed by atoms with Crippen LogP contribution in [0.4, 0.5) is 0 Å². The smallest absolute Gasteiger partial charge is 0.220 e. The number of hydrogen-bond acceptors (Lipinski definition) is 3. The van der Waals surface area contributed by atoms with Gasteiger partial charge in [-0.05, 0) is 62.9 Å². The molecule has 2 rings (SSSR count). The minimum absolute atomic E-state index is 0.0417.